The van der Waals surface area contributed by atoms with E-state index in [9.17, 15) is 8.42 Å². The van der Waals surface area contributed by atoms with Crippen molar-refractivity contribution in [2.24, 2.45) is 0 Å². The monoisotopic (exact) mass is 313 g/mol. The number of hydrogen-bond donors (Lipinski definition) is 1. The summed E-state index contributed by atoms with van der Waals surface area (Å²) in [5.74, 6) is 1.24. The molecule has 2 heterocycles. The molecule has 0 radical (unpaired) electrons. The van der Waals surface area contributed by atoms with E-state index < -0.39 is 9.84 Å². The van der Waals surface area contributed by atoms with Gasteiger partial charge in [0.15, 0.2) is 9.84 Å². The lowest BCUT2D eigenvalue weighted by Crippen LogP contribution is -2.36. The van der Waals surface area contributed by atoms with Crippen LogP contribution in [-0.2, 0) is 14.6 Å². The molecule has 2 rings (SSSR count). The molecule has 1 aliphatic heterocycles. The number of nitrogens with zero attached hydrogens (tertiary/aromatic N) is 2. The Morgan fingerprint density at radius 3 is 2.67 bits per heavy atom. The number of ether oxygens (including phenoxy) is 1. The Morgan fingerprint density at radius 1 is 1.38 bits per heavy atom. The molecule has 0 aromatic carbocycles. The molecule has 0 saturated carbocycles. The minimum absolute atomic E-state index is 0.133. The van der Waals surface area contributed by atoms with Crippen molar-refractivity contribution in [3.8, 4) is 0 Å². The summed E-state index contributed by atoms with van der Waals surface area (Å²) < 4.78 is 28.5. The summed E-state index contributed by atoms with van der Waals surface area (Å²) in [6, 6.07) is 3.76. The topological polar surface area (TPSA) is 71.5 Å². The Kier molecular flexibility index (Phi) is 5.41. The Balaban J connectivity index is 1.92. The molecule has 1 fully saturated rings. The fourth-order valence-corrected chi connectivity index (χ4v) is 3.36. The molecule has 0 aliphatic carbocycles. The number of anilines is 2. The summed E-state index contributed by atoms with van der Waals surface area (Å²) in [6.07, 6.45) is 1.75. The van der Waals surface area contributed by atoms with Crippen LogP contribution in [0.5, 0.6) is 0 Å². The van der Waals surface area contributed by atoms with Crippen molar-refractivity contribution in [2.45, 2.75) is 19.9 Å². The van der Waals surface area contributed by atoms with E-state index in [1.54, 1.807) is 13.1 Å². The van der Waals surface area contributed by atoms with Crippen LogP contribution >= 0.6 is 0 Å². The summed E-state index contributed by atoms with van der Waals surface area (Å²) in [5.41, 5.74) is 0.839. The molecule has 0 bridgehead atoms. The molecule has 118 valence electrons. The van der Waals surface area contributed by atoms with Crippen molar-refractivity contribution in [1.29, 1.82) is 0 Å². The molecule has 1 aromatic heterocycles. The van der Waals surface area contributed by atoms with Crippen LogP contribution in [-0.4, -0.2) is 57.3 Å². The van der Waals surface area contributed by atoms with E-state index in [-0.39, 0.29) is 17.5 Å². The Bertz CT molecular complexity index is 539. The van der Waals surface area contributed by atoms with Crippen LogP contribution in [0.2, 0.25) is 0 Å². The maximum Gasteiger partial charge on any atom is 0.152 e. The highest BCUT2D eigenvalue weighted by Gasteiger charge is 2.15. The van der Waals surface area contributed by atoms with Crippen molar-refractivity contribution < 1.29 is 13.2 Å². The first-order valence-corrected chi connectivity index (χ1v) is 9.08. The van der Waals surface area contributed by atoms with E-state index >= 15 is 0 Å². The van der Waals surface area contributed by atoms with E-state index in [1.807, 2.05) is 19.1 Å². The number of nitrogens with one attached hydrogen (secondary N) is 1. The first-order chi connectivity index (χ1) is 10.00. The third-order valence-corrected chi connectivity index (χ3v) is 5.33. The summed E-state index contributed by atoms with van der Waals surface area (Å²) in [7, 11) is -2.97. The quantitative estimate of drug-likeness (QED) is 0.849. The van der Waals surface area contributed by atoms with Crippen molar-refractivity contribution >= 4 is 21.3 Å². The van der Waals surface area contributed by atoms with E-state index in [0.717, 1.165) is 37.8 Å². The predicted molar refractivity (Wildman–Crippen MR) is 84.7 cm³/mol. The van der Waals surface area contributed by atoms with E-state index in [4.69, 9.17) is 4.74 Å². The summed E-state index contributed by atoms with van der Waals surface area (Å²) in [4.78, 5) is 6.61. The van der Waals surface area contributed by atoms with Gasteiger partial charge in [-0.15, -0.1) is 0 Å². The Labute approximate surface area is 126 Å². The van der Waals surface area contributed by atoms with Crippen molar-refractivity contribution in [1.82, 2.24) is 4.98 Å². The van der Waals surface area contributed by atoms with Gasteiger partial charge in [-0.05, 0) is 19.1 Å². The molecule has 0 spiro atoms. The highest BCUT2D eigenvalue weighted by atomic mass is 32.2. The Hall–Kier alpha value is -1.34. The number of morpholine rings is 1. The molecule has 1 saturated heterocycles. The van der Waals surface area contributed by atoms with Crippen LogP contribution < -0.4 is 10.2 Å². The van der Waals surface area contributed by atoms with Gasteiger partial charge < -0.3 is 15.0 Å². The molecule has 7 heteroatoms. The predicted octanol–water partition coefficient (Wildman–Crippen LogP) is 1.15. The SMILES string of the molecule is CCS(=O)(=O)CC(C)Nc1ccc(N2CCOCC2)nc1. The second-order valence-electron chi connectivity index (χ2n) is 5.25. The summed E-state index contributed by atoms with van der Waals surface area (Å²) >= 11 is 0. The molecule has 1 N–H and O–H groups in total. The molecule has 21 heavy (non-hydrogen) atoms. The Morgan fingerprint density at radius 2 is 2.10 bits per heavy atom. The van der Waals surface area contributed by atoms with Gasteiger partial charge in [0.25, 0.3) is 0 Å². The minimum Gasteiger partial charge on any atom is -0.380 e. The minimum atomic E-state index is -2.97. The van der Waals surface area contributed by atoms with Gasteiger partial charge in [-0.2, -0.15) is 0 Å². The molecule has 1 unspecified atom stereocenters. The van der Waals surface area contributed by atoms with Crippen molar-refractivity contribution in [3.05, 3.63) is 18.3 Å². The molecule has 1 aliphatic rings. The average Bonchev–Trinajstić information content (AvgIpc) is 2.48. The second kappa shape index (κ2) is 7.09. The van der Waals surface area contributed by atoms with Gasteiger partial charge in [-0.3, -0.25) is 0 Å². The summed E-state index contributed by atoms with van der Waals surface area (Å²) in [5, 5.41) is 3.18. The van der Waals surface area contributed by atoms with Crippen LogP contribution in [0, 0.1) is 0 Å². The maximum atomic E-state index is 11.6. The number of aromatic nitrogens is 1. The zero-order valence-electron chi connectivity index (χ0n) is 12.6. The lowest BCUT2D eigenvalue weighted by molar-refractivity contribution is 0.122. The molecular formula is C14H23N3O3S. The van der Waals surface area contributed by atoms with Crippen LogP contribution in [0.25, 0.3) is 0 Å². The number of hydrogen-bond acceptors (Lipinski definition) is 6. The van der Waals surface area contributed by atoms with Gasteiger partial charge in [0.1, 0.15) is 5.82 Å². The highest BCUT2D eigenvalue weighted by molar-refractivity contribution is 7.91. The van der Waals surface area contributed by atoms with Crippen molar-refractivity contribution in [3.63, 3.8) is 0 Å². The first kappa shape index (κ1) is 16.0. The zero-order chi connectivity index (χ0) is 15.3. The van der Waals surface area contributed by atoms with Crippen LogP contribution in [0.15, 0.2) is 18.3 Å². The van der Waals surface area contributed by atoms with Crippen molar-refractivity contribution in [2.75, 3.05) is 48.0 Å². The first-order valence-electron chi connectivity index (χ1n) is 7.26. The summed E-state index contributed by atoms with van der Waals surface area (Å²) in [6.45, 7) is 6.70. The van der Waals surface area contributed by atoms with Crippen LogP contribution in [0.1, 0.15) is 13.8 Å². The van der Waals surface area contributed by atoms with Crippen LogP contribution in [0.3, 0.4) is 0 Å². The molecule has 1 atom stereocenters. The number of pyridine rings is 1. The zero-order valence-corrected chi connectivity index (χ0v) is 13.4. The number of rotatable bonds is 6. The molecule has 0 amide bonds. The third-order valence-electron chi connectivity index (χ3n) is 3.44. The van der Waals surface area contributed by atoms with Crippen LogP contribution in [0.4, 0.5) is 11.5 Å². The van der Waals surface area contributed by atoms with Gasteiger partial charge in [0, 0.05) is 24.9 Å². The van der Waals surface area contributed by atoms with Gasteiger partial charge in [-0.25, -0.2) is 13.4 Å². The van der Waals surface area contributed by atoms with Gasteiger partial charge in [-0.1, -0.05) is 6.92 Å². The molecule has 6 nitrogen and oxygen atoms in total. The molecular weight excluding hydrogens is 290 g/mol. The standard InChI is InChI=1S/C14H23N3O3S/c1-3-21(18,19)11-12(2)16-13-4-5-14(15-10-13)17-6-8-20-9-7-17/h4-5,10,12,16H,3,6-9,11H2,1-2H3. The highest BCUT2D eigenvalue weighted by Crippen LogP contribution is 2.16. The fraction of sp³-hybridized carbons (Fsp3) is 0.643. The fourth-order valence-electron chi connectivity index (χ4n) is 2.28. The lowest BCUT2D eigenvalue weighted by Gasteiger charge is -2.27. The lowest BCUT2D eigenvalue weighted by atomic mass is 10.3. The average molecular weight is 313 g/mol. The van der Waals surface area contributed by atoms with E-state index in [1.165, 1.54) is 0 Å². The molecule has 1 aromatic rings. The van der Waals surface area contributed by atoms with Gasteiger partial charge in [0.05, 0.1) is 30.9 Å². The smallest absolute Gasteiger partial charge is 0.152 e. The maximum absolute atomic E-state index is 11.6. The second-order valence-corrected chi connectivity index (χ2v) is 7.65. The van der Waals surface area contributed by atoms with E-state index in [0.29, 0.717) is 0 Å². The van der Waals surface area contributed by atoms with Gasteiger partial charge >= 0.3 is 0 Å². The van der Waals surface area contributed by atoms with E-state index in [2.05, 4.69) is 15.2 Å². The van der Waals surface area contributed by atoms with Gasteiger partial charge in [0.2, 0.25) is 0 Å². The number of sulfone groups is 1. The largest absolute Gasteiger partial charge is 0.380 e. The third kappa shape index (κ3) is 4.86. The normalized spacial score (nSPS) is 17.5.